The highest BCUT2D eigenvalue weighted by Crippen LogP contribution is 2.29. The Bertz CT molecular complexity index is 743. The van der Waals surface area contributed by atoms with E-state index in [-0.39, 0.29) is 0 Å². The van der Waals surface area contributed by atoms with Crippen molar-refractivity contribution in [1.82, 2.24) is 10.3 Å². The first-order chi connectivity index (χ1) is 13.1. The molecule has 1 aromatic carbocycles. The van der Waals surface area contributed by atoms with Crippen LogP contribution >= 0.6 is 0 Å². The molecule has 27 heavy (non-hydrogen) atoms. The summed E-state index contributed by atoms with van der Waals surface area (Å²) < 4.78 is 10.6. The highest BCUT2D eigenvalue weighted by Gasteiger charge is 2.07. The summed E-state index contributed by atoms with van der Waals surface area (Å²) in [6, 6.07) is 9.76. The molecule has 2 N–H and O–H groups in total. The topological polar surface area (TPSA) is 71.0 Å². The third-order valence-electron chi connectivity index (χ3n) is 4.23. The summed E-state index contributed by atoms with van der Waals surface area (Å²) in [5.41, 5.74) is 1.94. The van der Waals surface area contributed by atoms with Gasteiger partial charge in [0.15, 0.2) is 17.5 Å². The smallest absolute Gasteiger partial charge is 0.195 e. The molecule has 146 valence electrons. The van der Waals surface area contributed by atoms with Crippen LogP contribution in [-0.2, 0) is 6.54 Å². The number of hydrogen-bond donors (Lipinski definition) is 2. The minimum Gasteiger partial charge on any atom is -0.493 e. The summed E-state index contributed by atoms with van der Waals surface area (Å²) in [6.45, 7) is 6.78. The molecule has 0 radical (unpaired) electrons. The first-order valence-electron chi connectivity index (χ1n) is 9.04. The molecule has 0 aliphatic heterocycles. The molecular formula is C20H29N5O2. The van der Waals surface area contributed by atoms with E-state index < -0.39 is 0 Å². The first kappa shape index (κ1) is 20.4. The lowest BCUT2D eigenvalue weighted by atomic mass is 10.2. The number of aromatic nitrogens is 1. The Balaban J connectivity index is 1.98. The fourth-order valence-electron chi connectivity index (χ4n) is 2.67. The van der Waals surface area contributed by atoms with Crippen molar-refractivity contribution in [3.63, 3.8) is 0 Å². The summed E-state index contributed by atoms with van der Waals surface area (Å²) in [7, 11) is 4.96. The maximum absolute atomic E-state index is 5.33. The van der Waals surface area contributed by atoms with Crippen LogP contribution < -0.4 is 25.0 Å². The second-order valence-electron chi connectivity index (χ2n) is 5.82. The van der Waals surface area contributed by atoms with Crippen LogP contribution in [0.1, 0.15) is 19.4 Å². The van der Waals surface area contributed by atoms with Gasteiger partial charge in [0.1, 0.15) is 5.82 Å². The van der Waals surface area contributed by atoms with Gasteiger partial charge in [-0.1, -0.05) is 6.07 Å². The van der Waals surface area contributed by atoms with Crippen molar-refractivity contribution in [2.75, 3.05) is 44.6 Å². The van der Waals surface area contributed by atoms with Gasteiger partial charge in [-0.15, -0.1) is 0 Å². The van der Waals surface area contributed by atoms with Crippen molar-refractivity contribution in [2.45, 2.75) is 20.4 Å². The van der Waals surface area contributed by atoms with E-state index in [4.69, 9.17) is 9.47 Å². The number of aliphatic imine (C=N–C) groups is 1. The third-order valence-corrected chi connectivity index (χ3v) is 4.23. The quantitative estimate of drug-likeness (QED) is 0.549. The van der Waals surface area contributed by atoms with Crippen LogP contribution in [0.25, 0.3) is 0 Å². The predicted octanol–water partition coefficient (Wildman–Crippen LogP) is 3.13. The van der Waals surface area contributed by atoms with E-state index in [0.29, 0.717) is 24.0 Å². The monoisotopic (exact) mass is 371 g/mol. The molecule has 0 aliphatic carbocycles. The number of methoxy groups -OCH3 is 2. The van der Waals surface area contributed by atoms with Gasteiger partial charge in [0.2, 0.25) is 0 Å². The summed E-state index contributed by atoms with van der Waals surface area (Å²) in [5.74, 6) is 3.01. The summed E-state index contributed by atoms with van der Waals surface area (Å²) in [5, 5.41) is 6.54. The molecule has 0 saturated carbocycles. The Labute approximate surface area is 161 Å². The van der Waals surface area contributed by atoms with Gasteiger partial charge in [-0.05, 0) is 37.6 Å². The molecule has 0 bridgehead atoms. The van der Waals surface area contributed by atoms with E-state index in [1.807, 2.05) is 24.4 Å². The largest absolute Gasteiger partial charge is 0.493 e. The fourth-order valence-corrected chi connectivity index (χ4v) is 2.67. The average Bonchev–Trinajstić information content (AvgIpc) is 2.72. The summed E-state index contributed by atoms with van der Waals surface area (Å²) in [4.78, 5) is 11.0. The van der Waals surface area contributed by atoms with Crippen molar-refractivity contribution >= 4 is 17.5 Å². The fraction of sp³-hybridized carbons (Fsp3) is 0.400. The molecule has 1 aromatic heterocycles. The Morgan fingerprint density at radius 3 is 2.37 bits per heavy atom. The molecule has 1 heterocycles. The van der Waals surface area contributed by atoms with Crippen molar-refractivity contribution in [1.29, 1.82) is 0 Å². The van der Waals surface area contributed by atoms with Crippen LogP contribution in [0.15, 0.2) is 41.5 Å². The predicted molar refractivity (Wildman–Crippen MR) is 111 cm³/mol. The number of anilines is 2. The first-order valence-corrected chi connectivity index (χ1v) is 9.04. The highest BCUT2D eigenvalue weighted by atomic mass is 16.5. The van der Waals surface area contributed by atoms with Crippen LogP contribution in [0.4, 0.5) is 11.5 Å². The number of benzene rings is 1. The standard InChI is InChI=1S/C20H29N5O2/c1-6-25(7-2)19-11-8-15(13-22-19)14-23-20(21-3)24-16-9-10-17(26-4)18(12-16)27-5/h8-13H,6-7,14H2,1-5H3,(H2,21,23,24). The minimum absolute atomic E-state index is 0.624. The molecule has 2 aromatic rings. The van der Waals surface area contributed by atoms with Gasteiger partial charge in [-0.2, -0.15) is 0 Å². The van der Waals surface area contributed by atoms with Gasteiger partial charge in [-0.3, -0.25) is 4.99 Å². The Morgan fingerprint density at radius 1 is 1.07 bits per heavy atom. The summed E-state index contributed by atoms with van der Waals surface area (Å²) >= 11 is 0. The van der Waals surface area contributed by atoms with E-state index in [9.17, 15) is 0 Å². The van der Waals surface area contributed by atoms with Gasteiger partial charge < -0.3 is 25.0 Å². The molecule has 0 atom stereocenters. The van der Waals surface area contributed by atoms with Crippen molar-refractivity contribution in [3.8, 4) is 11.5 Å². The molecule has 0 amide bonds. The highest BCUT2D eigenvalue weighted by molar-refractivity contribution is 5.93. The molecule has 0 aliphatic rings. The van der Waals surface area contributed by atoms with E-state index in [1.165, 1.54) is 0 Å². The zero-order valence-electron chi connectivity index (χ0n) is 16.7. The third kappa shape index (κ3) is 5.51. The van der Waals surface area contributed by atoms with Crippen molar-refractivity contribution in [2.24, 2.45) is 4.99 Å². The van der Waals surface area contributed by atoms with Gasteiger partial charge in [0, 0.05) is 44.6 Å². The number of nitrogens with one attached hydrogen (secondary N) is 2. The SMILES string of the molecule is CCN(CC)c1ccc(CNC(=NC)Nc2ccc(OC)c(OC)c2)cn1. The normalized spacial score (nSPS) is 11.1. The zero-order valence-corrected chi connectivity index (χ0v) is 16.7. The summed E-state index contributed by atoms with van der Waals surface area (Å²) in [6.07, 6.45) is 1.89. The van der Waals surface area contributed by atoms with E-state index in [0.717, 1.165) is 30.2 Å². The number of pyridine rings is 1. The second-order valence-corrected chi connectivity index (χ2v) is 5.82. The van der Waals surface area contributed by atoms with Crippen LogP contribution in [-0.4, -0.2) is 45.3 Å². The molecule has 7 heteroatoms. The minimum atomic E-state index is 0.624. The van der Waals surface area contributed by atoms with Crippen LogP contribution in [0, 0.1) is 0 Å². The van der Waals surface area contributed by atoms with Crippen molar-refractivity contribution in [3.05, 3.63) is 42.1 Å². The Morgan fingerprint density at radius 2 is 1.81 bits per heavy atom. The van der Waals surface area contributed by atoms with Crippen LogP contribution in [0.2, 0.25) is 0 Å². The lowest BCUT2D eigenvalue weighted by molar-refractivity contribution is 0.355. The van der Waals surface area contributed by atoms with Gasteiger partial charge >= 0.3 is 0 Å². The number of nitrogens with zero attached hydrogens (tertiary/aromatic N) is 3. The van der Waals surface area contributed by atoms with Gasteiger partial charge in [-0.25, -0.2) is 4.98 Å². The van der Waals surface area contributed by atoms with E-state index in [1.54, 1.807) is 21.3 Å². The van der Waals surface area contributed by atoms with Crippen LogP contribution in [0.3, 0.4) is 0 Å². The maximum atomic E-state index is 5.33. The van der Waals surface area contributed by atoms with Crippen LogP contribution in [0.5, 0.6) is 11.5 Å². The molecule has 0 spiro atoms. The molecule has 0 unspecified atom stereocenters. The Kier molecular flexibility index (Phi) is 7.73. The van der Waals surface area contributed by atoms with Gasteiger partial charge in [0.25, 0.3) is 0 Å². The molecular weight excluding hydrogens is 342 g/mol. The number of guanidine groups is 1. The molecule has 7 nitrogen and oxygen atoms in total. The zero-order chi connectivity index (χ0) is 19.6. The van der Waals surface area contributed by atoms with E-state index >= 15 is 0 Å². The number of hydrogen-bond acceptors (Lipinski definition) is 5. The average molecular weight is 371 g/mol. The number of ether oxygens (including phenoxy) is 2. The Hall–Kier alpha value is -2.96. The maximum Gasteiger partial charge on any atom is 0.195 e. The lowest BCUT2D eigenvalue weighted by Crippen LogP contribution is -2.30. The van der Waals surface area contributed by atoms with Crippen molar-refractivity contribution < 1.29 is 9.47 Å². The number of rotatable bonds is 8. The second kappa shape index (κ2) is 10.3. The van der Waals surface area contributed by atoms with Gasteiger partial charge in [0.05, 0.1) is 14.2 Å². The van der Waals surface area contributed by atoms with E-state index in [2.05, 4.69) is 51.5 Å². The molecule has 2 rings (SSSR count). The molecule has 0 saturated heterocycles. The lowest BCUT2D eigenvalue weighted by Gasteiger charge is -2.19. The molecule has 0 fully saturated rings.